The highest BCUT2D eigenvalue weighted by Crippen LogP contribution is 2.23. The molecule has 1 aromatic heterocycles. The van der Waals surface area contributed by atoms with Crippen LogP contribution in [-0.2, 0) is 4.74 Å². The molecule has 0 radical (unpaired) electrons. The second-order valence-electron chi connectivity index (χ2n) is 4.07. The number of hydrogen-bond donors (Lipinski definition) is 2. The van der Waals surface area contributed by atoms with Gasteiger partial charge in [0.15, 0.2) is 0 Å². The van der Waals surface area contributed by atoms with Crippen LogP contribution in [0.3, 0.4) is 0 Å². The molecule has 1 aromatic rings. The van der Waals surface area contributed by atoms with Crippen LogP contribution >= 0.6 is 0 Å². The van der Waals surface area contributed by atoms with Crippen LogP contribution in [0.1, 0.15) is 16.8 Å². The summed E-state index contributed by atoms with van der Waals surface area (Å²) in [4.78, 5) is 17.1. The first-order valence-electron chi connectivity index (χ1n) is 5.39. The molecule has 6 nitrogen and oxygen atoms in total. The van der Waals surface area contributed by atoms with E-state index in [0.717, 1.165) is 6.42 Å². The number of carboxylic acids is 1. The first kappa shape index (κ1) is 11.7. The molecular formula is C11H15N3O3. The third-order valence-electron chi connectivity index (χ3n) is 2.91. The third kappa shape index (κ3) is 2.31. The summed E-state index contributed by atoms with van der Waals surface area (Å²) in [5, 5.41) is 9.13. The van der Waals surface area contributed by atoms with E-state index in [0.29, 0.717) is 24.7 Å². The van der Waals surface area contributed by atoms with Gasteiger partial charge in [0, 0.05) is 13.7 Å². The molecule has 0 saturated carbocycles. The number of rotatable bonds is 3. The van der Waals surface area contributed by atoms with Crippen LogP contribution in [0.2, 0.25) is 0 Å². The molecule has 0 amide bonds. The molecule has 6 heteroatoms. The van der Waals surface area contributed by atoms with Gasteiger partial charge in [-0.1, -0.05) is 0 Å². The second-order valence-corrected chi connectivity index (χ2v) is 4.07. The van der Waals surface area contributed by atoms with Crippen molar-refractivity contribution in [2.45, 2.75) is 12.5 Å². The minimum absolute atomic E-state index is 0.124. The lowest BCUT2D eigenvalue weighted by molar-refractivity contribution is 0.0697. The number of carboxylic acid groups (broad SMARTS) is 1. The zero-order chi connectivity index (χ0) is 12.4. The fraction of sp³-hybridized carbons (Fsp3) is 0.455. The number of anilines is 2. The van der Waals surface area contributed by atoms with Gasteiger partial charge in [-0.15, -0.1) is 0 Å². The van der Waals surface area contributed by atoms with Gasteiger partial charge >= 0.3 is 5.97 Å². The Kier molecular flexibility index (Phi) is 3.14. The number of ether oxygens (including phenoxy) is 1. The van der Waals surface area contributed by atoms with Crippen LogP contribution in [0, 0.1) is 0 Å². The van der Waals surface area contributed by atoms with Crippen molar-refractivity contribution in [3.8, 4) is 0 Å². The number of carbonyl (C=O) groups is 1. The van der Waals surface area contributed by atoms with E-state index in [1.165, 1.54) is 12.3 Å². The summed E-state index contributed by atoms with van der Waals surface area (Å²) in [5.41, 5.74) is 6.02. The monoisotopic (exact) mass is 237 g/mol. The summed E-state index contributed by atoms with van der Waals surface area (Å²) in [6.07, 6.45) is 2.34. The lowest BCUT2D eigenvalue weighted by atomic mass is 10.2. The topological polar surface area (TPSA) is 88.7 Å². The zero-order valence-electron chi connectivity index (χ0n) is 9.59. The van der Waals surface area contributed by atoms with E-state index in [1.54, 1.807) is 0 Å². The average molecular weight is 237 g/mol. The minimum Gasteiger partial charge on any atom is -0.478 e. The molecule has 1 saturated heterocycles. The summed E-state index contributed by atoms with van der Waals surface area (Å²) in [5.74, 6) is -0.590. The quantitative estimate of drug-likeness (QED) is 0.799. The highest BCUT2D eigenvalue weighted by atomic mass is 16.5. The van der Waals surface area contributed by atoms with Gasteiger partial charge in [0.25, 0.3) is 0 Å². The lowest BCUT2D eigenvalue weighted by Gasteiger charge is -2.25. The van der Waals surface area contributed by atoms with Crippen molar-refractivity contribution in [3.63, 3.8) is 0 Å². The van der Waals surface area contributed by atoms with Gasteiger partial charge in [0.1, 0.15) is 11.4 Å². The fourth-order valence-corrected chi connectivity index (χ4v) is 1.91. The van der Waals surface area contributed by atoms with E-state index < -0.39 is 5.97 Å². The van der Waals surface area contributed by atoms with Crippen molar-refractivity contribution in [1.29, 1.82) is 0 Å². The summed E-state index contributed by atoms with van der Waals surface area (Å²) >= 11 is 0. The molecule has 1 aliphatic heterocycles. The Morgan fingerprint density at radius 3 is 3.06 bits per heavy atom. The van der Waals surface area contributed by atoms with Gasteiger partial charge in [-0.05, 0) is 12.5 Å². The van der Waals surface area contributed by atoms with Crippen LogP contribution < -0.4 is 10.6 Å². The Hall–Kier alpha value is -1.82. The SMILES string of the molecule is CN(c1ncc(N)cc1C(=O)O)C1CCOC1. The molecule has 0 aliphatic carbocycles. The van der Waals surface area contributed by atoms with Crippen molar-refractivity contribution in [2.75, 3.05) is 30.9 Å². The van der Waals surface area contributed by atoms with Crippen molar-refractivity contribution in [3.05, 3.63) is 17.8 Å². The smallest absolute Gasteiger partial charge is 0.339 e. The van der Waals surface area contributed by atoms with E-state index in [9.17, 15) is 4.79 Å². The molecule has 92 valence electrons. The minimum atomic E-state index is -1.02. The van der Waals surface area contributed by atoms with Crippen LogP contribution in [0.4, 0.5) is 11.5 Å². The zero-order valence-corrected chi connectivity index (χ0v) is 9.59. The Morgan fingerprint density at radius 1 is 1.71 bits per heavy atom. The highest BCUT2D eigenvalue weighted by Gasteiger charge is 2.25. The molecular weight excluding hydrogens is 222 g/mol. The molecule has 0 spiro atoms. The number of aromatic nitrogens is 1. The molecule has 1 unspecified atom stereocenters. The largest absolute Gasteiger partial charge is 0.478 e. The predicted octanol–water partition coefficient (Wildman–Crippen LogP) is 0.587. The van der Waals surface area contributed by atoms with E-state index in [1.807, 2.05) is 11.9 Å². The van der Waals surface area contributed by atoms with Gasteiger partial charge in [0.05, 0.1) is 24.5 Å². The van der Waals surface area contributed by atoms with E-state index in [4.69, 9.17) is 15.6 Å². The third-order valence-corrected chi connectivity index (χ3v) is 2.91. The number of likely N-dealkylation sites (N-methyl/N-ethyl adjacent to an activating group) is 1. The molecule has 2 rings (SSSR count). The Morgan fingerprint density at radius 2 is 2.47 bits per heavy atom. The van der Waals surface area contributed by atoms with Crippen molar-refractivity contribution in [1.82, 2.24) is 4.98 Å². The molecule has 3 N–H and O–H groups in total. The van der Waals surface area contributed by atoms with Crippen LogP contribution in [0.25, 0.3) is 0 Å². The van der Waals surface area contributed by atoms with Crippen molar-refractivity contribution >= 4 is 17.5 Å². The van der Waals surface area contributed by atoms with Gasteiger partial charge in [-0.25, -0.2) is 9.78 Å². The van der Waals surface area contributed by atoms with E-state index in [2.05, 4.69) is 4.98 Å². The number of nitrogens with zero attached hydrogens (tertiary/aromatic N) is 2. The van der Waals surface area contributed by atoms with Crippen LogP contribution in [-0.4, -0.2) is 42.4 Å². The van der Waals surface area contributed by atoms with Crippen LogP contribution in [0.5, 0.6) is 0 Å². The fourth-order valence-electron chi connectivity index (χ4n) is 1.91. The molecule has 0 aromatic carbocycles. The van der Waals surface area contributed by atoms with Crippen molar-refractivity contribution in [2.24, 2.45) is 0 Å². The Bertz CT molecular complexity index is 430. The molecule has 1 atom stereocenters. The van der Waals surface area contributed by atoms with Gasteiger partial charge < -0.3 is 20.5 Å². The summed E-state index contributed by atoms with van der Waals surface area (Å²) < 4.78 is 5.28. The number of nitrogen functional groups attached to an aromatic ring is 1. The summed E-state index contributed by atoms with van der Waals surface area (Å²) in [7, 11) is 1.82. The lowest BCUT2D eigenvalue weighted by Crippen LogP contribution is -2.33. The Labute approximate surface area is 99.0 Å². The number of hydrogen-bond acceptors (Lipinski definition) is 5. The molecule has 2 heterocycles. The first-order valence-corrected chi connectivity index (χ1v) is 5.39. The standard InChI is InChI=1S/C11H15N3O3/c1-14(8-2-3-17-6-8)10-9(11(15)16)4-7(12)5-13-10/h4-5,8H,2-3,6,12H2,1H3,(H,15,16). The van der Waals surface area contributed by atoms with E-state index >= 15 is 0 Å². The summed E-state index contributed by atoms with van der Waals surface area (Å²) in [6.45, 7) is 1.30. The average Bonchev–Trinajstić information content (AvgIpc) is 2.81. The maximum Gasteiger partial charge on any atom is 0.339 e. The maximum atomic E-state index is 11.1. The van der Waals surface area contributed by atoms with Gasteiger partial charge in [-0.3, -0.25) is 0 Å². The van der Waals surface area contributed by atoms with Gasteiger partial charge in [0.2, 0.25) is 0 Å². The maximum absolute atomic E-state index is 11.1. The van der Waals surface area contributed by atoms with Crippen molar-refractivity contribution < 1.29 is 14.6 Å². The molecule has 17 heavy (non-hydrogen) atoms. The molecule has 0 bridgehead atoms. The van der Waals surface area contributed by atoms with Gasteiger partial charge in [-0.2, -0.15) is 0 Å². The predicted molar refractivity (Wildman–Crippen MR) is 63.2 cm³/mol. The molecule has 1 fully saturated rings. The second kappa shape index (κ2) is 4.58. The normalized spacial score (nSPS) is 19.2. The first-order chi connectivity index (χ1) is 8.09. The number of aromatic carboxylic acids is 1. The Balaban J connectivity index is 2.33. The number of nitrogens with two attached hydrogens (primary N) is 1. The highest BCUT2D eigenvalue weighted by molar-refractivity contribution is 5.94. The van der Waals surface area contributed by atoms with E-state index in [-0.39, 0.29) is 11.6 Å². The van der Waals surface area contributed by atoms with Crippen LogP contribution in [0.15, 0.2) is 12.3 Å². The number of pyridine rings is 1. The molecule has 1 aliphatic rings. The summed E-state index contributed by atoms with van der Waals surface area (Å²) in [6, 6.07) is 1.60.